The van der Waals surface area contributed by atoms with Gasteiger partial charge in [0.15, 0.2) is 0 Å². The summed E-state index contributed by atoms with van der Waals surface area (Å²) < 4.78 is 4.74. The zero-order valence-electron chi connectivity index (χ0n) is 14.7. The number of fused-ring (bicyclic) bond motifs is 1. The van der Waals surface area contributed by atoms with E-state index in [1.54, 1.807) is 6.92 Å². The highest BCUT2D eigenvalue weighted by Gasteiger charge is 2.38. The van der Waals surface area contributed by atoms with Crippen LogP contribution in [0.4, 0.5) is 10.5 Å². The Bertz CT molecular complexity index is 714. The number of carbonyl (C=O) groups excluding carboxylic acids is 3. The second-order valence-electron chi connectivity index (χ2n) is 6.08. The van der Waals surface area contributed by atoms with Crippen molar-refractivity contribution in [3.05, 3.63) is 29.8 Å². The van der Waals surface area contributed by atoms with Gasteiger partial charge in [0.25, 0.3) is 0 Å². The molecule has 1 fully saturated rings. The SMILES string of the molecule is CCOC(=O)NC(=O)C1CCSC1NC(=O)C1NN(C)c2ccccc21. The first-order valence-electron chi connectivity index (χ1n) is 8.49. The molecule has 0 bridgehead atoms. The number of nitrogens with one attached hydrogen (secondary N) is 3. The number of thioether (sulfide) groups is 1. The fourth-order valence-electron chi connectivity index (χ4n) is 3.15. The Hall–Kier alpha value is -2.26. The molecule has 1 aromatic carbocycles. The lowest BCUT2D eigenvalue weighted by molar-refractivity contribution is -0.126. The zero-order valence-corrected chi connectivity index (χ0v) is 15.5. The number of hydrogen-bond acceptors (Lipinski definition) is 7. The molecule has 26 heavy (non-hydrogen) atoms. The van der Waals surface area contributed by atoms with Crippen molar-refractivity contribution in [2.75, 3.05) is 24.4 Å². The van der Waals surface area contributed by atoms with Crippen molar-refractivity contribution < 1.29 is 19.1 Å². The maximum Gasteiger partial charge on any atom is 0.413 e. The minimum atomic E-state index is -0.757. The fourth-order valence-corrected chi connectivity index (χ4v) is 4.49. The van der Waals surface area contributed by atoms with Crippen LogP contribution in [-0.4, -0.2) is 42.7 Å². The number of nitrogens with zero attached hydrogens (tertiary/aromatic N) is 1. The lowest BCUT2D eigenvalue weighted by atomic mass is 10.0. The van der Waals surface area contributed by atoms with Crippen molar-refractivity contribution in [1.82, 2.24) is 16.1 Å². The summed E-state index contributed by atoms with van der Waals surface area (Å²) in [6.45, 7) is 1.86. The number of ether oxygens (including phenoxy) is 1. The van der Waals surface area contributed by atoms with Crippen LogP contribution < -0.4 is 21.1 Å². The number of para-hydroxylation sites is 1. The molecule has 3 atom stereocenters. The predicted molar refractivity (Wildman–Crippen MR) is 98.4 cm³/mol. The van der Waals surface area contributed by atoms with E-state index in [9.17, 15) is 14.4 Å². The summed E-state index contributed by atoms with van der Waals surface area (Å²) in [6.07, 6.45) is -0.164. The molecule has 3 unspecified atom stereocenters. The van der Waals surface area contributed by atoms with Crippen LogP contribution in [0.25, 0.3) is 0 Å². The molecule has 0 spiro atoms. The minimum absolute atomic E-state index is 0.193. The van der Waals surface area contributed by atoms with Gasteiger partial charge >= 0.3 is 6.09 Å². The van der Waals surface area contributed by atoms with Crippen molar-refractivity contribution in [1.29, 1.82) is 0 Å². The molecular weight excluding hydrogens is 356 g/mol. The van der Waals surface area contributed by atoms with Crippen LogP contribution in [0.2, 0.25) is 0 Å². The average molecular weight is 378 g/mol. The van der Waals surface area contributed by atoms with E-state index < -0.39 is 24.0 Å². The van der Waals surface area contributed by atoms with Gasteiger partial charge in [0.05, 0.1) is 23.6 Å². The van der Waals surface area contributed by atoms with Gasteiger partial charge < -0.3 is 15.1 Å². The van der Waals surface area contributed by atoms with Gasteiger partial charge in [-0.05, 0) is 25.2 Å². The Morgan fingerprint density at radius 2 is 2.08 bits per heavy atom. The second kappa shape index (κ2) is 7.96. The summed E-state index contributed by atoms with van der Waals surface area (Å²) >= 11 is 1.50. The third kappa shape index (κ3) is 3.78. The third-order valence-corrected chi connectivity index (χ3v) is 5.68. The number of amides is 3. The molecule has 0 aliphatic carbocycles. The van der Waals surface area contributed by atoms with Crippen LogP contribution in [-0.2, 0) is 14.3 Å². The number of hydrogen-bond donors (Lipinski definition) is 3. The number of alkyl carbamates (subject to hydrolysis) is 1. The topological polar surface area (TPSA) is 99.8 Å². The first-order valence-corrected chi connectivity index (χ1v) is 9.54. The summed E-state index contributed by atoms with van der Waals surface area (Å²) in [5.41, 5.74) is 4.96. The van der Waals surface area contributed by atoms with Crippen LogP contribution in [0.3, 0.4) is 0 Å². The van der Waals surface area contributed by atoms with Crippen LogP contribution in [0.15, 0.2) is 24.3 Å². The van der Waals surface area contributed by atoms with E-state index in [1.165, 1.54) is 11.8 Å². The van der Waals surface area contributed by atoms with Crippen LogP contribution in [0.1, 0.15) is 24.9 Å². The lowest BCUT2D eigenvalue weighted by Crippen LogP contribution is -2.47. The summed E-state index contributed by atoms with van der Waals surface area (Å²) in [7, 11) is 1.85. The van der Waals surface area contributed by atoms with Crippen molar-refractivity contribution in [2.24, 2.45) is 5.92 Å². The van der Waals surface area contributed by atoms with Crippen molar-refractivity contribution in [2.45, 2.75) is 24.8 Å². The largest absolute Gasteiger partial charge is 0.450 e. The van der Waals surface area contributed by atoms with E-state index in [0.717, 1.165) is 17.0 Å². The molecule has 8 nitrogen and oxygen atoms in total. The quantitative estimate of drug-likeness (QED) is 0.723. The third-order valence-electron chi connectivity index (χ3n) is 4.41. The van der Waals surface area contributed by atoms with Crippen molar-refractivity contribution in [3.63, 3.8) is 0 Å². The normalized spacial score (nSPS) is 24.1. The van der Waals surface area contributed by atoms with Gasteiger partial charge in [0, 0.05) is 12.6 Å². The van der Waals surface area contributed by atoms with Gasteiger partial charge in [-0.15, -0.1) is 11.8 Å². The highest BCUT2D eigenvalue weighted by molar-refractivity contribution is 8.00. The van der Waals surface area contributed by atoms with Crippen molar-refractivity contribution in [3.8, 4) is 0 Å². The van der Waals surface area contributed by atoms with Gasteiger partial charge in [0.1, 0.15) is 6.04 Å². The monoisotopic (exact) mass is 378 g/mol. The Balaban J connectivity index is 1.64. The summed E-state index contributed by atoms with van der Waals surface area (Å²) in [5.74, 6) is -0.353. The summed E-state index contributed by atoms with van der Waals surface area (Å²) in [4.78, 5) is 36.5. The number of rotatable bonds is 4. The molecule has 3 N–H and O–H groups in total. The van der Waals surface area contributed by atoms with Gasteiger partial charge in [-0.1, -0.05) is 18.2 Å². The zero-order chi connectivity index (χ0) is 18.7. The molecule has 0 saturated carbocycles. The Morgan fingerprint density at radius 1 is 1.31 bits per heavy atom. The first-order chi connectivity index (χ1) is 12.5. The van der Waals surface area contributed by atoms with Crippen LogP contribution in [0.5, 0.6) is 0 Å². The Morgan fingerprint density at radius 3 is 2.85 bits per heavy atom. The lowest BCUT2D eigenvalue weighted by Gasteiger charge is -2.22. The molecule has 2 heterocycles. The molecule has 0 radical (unpaired) electrons. The molecule has 1 saturated heterocycles. The standard InChI is InChI=1S/C17H22N4O4S/c1-3-25-17(24)19-14(22)11-8-9-26-16(11)18-15(23)13-10-6-4-5-7-12(10)21(2)20-13/h4-7,11,13,16,20H,3,8-9H2,1-2H3,(H,18,23)(H,19,22,24). The molecule has 2 aliphatic heterocycles. The van der Waals surface area contributed by atoms with E-state index >= 15 is 0 Å². The molecule has 140 valence electrons. The van der Waals surface area contributed by atoms with Crippen LogP contribution >= 0.6 is 11.8 Å². The van der Waals surface area contributed by atoms with Crippen molar-refractivity contribution >= 4 is 35.4 Å². The van der Waals surface area contributed by atoms with E-state index in [1.807, 2.05) is 36.3 Å². The number of carbonyl (C=O) groups is 3. The van der Waals surface area contributed by atoms with Gasteiger partial charge in [-0.3, -0.25) is 14.9 Å². The van der Waals surface area contributed by atoms with E-state index in [4.69, 9.17) is 4.74 Å². The molecule has 0 aromatic heterocycles. The molecule has 3 amide bonds. The minimum Gasteiger partial charge on any atom is -0.450 e. The highest BCUT2D eigenvalue weighted by atomic mass is 32.2. The number of anilines is 1. The molecule has 2 aliphatic rings. The maximum absolute atomic E-state index is 12.8. The summed E-state index contributed by atoms with van der Waals surface area (Å²) in [6, 6.07) is 7.14. The maximum atomic E-state index is 12.8. The Kier molecular flexibility index (Phi) is 5.67. The van der Waals surface area contributed by atoms with E-state index in [-0.39, 0.29) is 17.9 Å². The number of benzene rings is 1. The molecule has 1 aromatic rings. The van der Waals surface area contributed by atoms with Gasteiger partial charge in [-0.25, -0.2) is 10.2 Å². The second-order valence-corrected chi connectivity index (χ2v) is 7.33. The smallest absolute Gasteiger partial charge is 0.413 e. The van der Waals surface area contributed by atoms with Gasteiger partial charge in [0.2, 0.25) is 11.8 Å². The molecular formula is C17H22N4O4S. The van der Waals surface area contributed by atoms with Gasteiger partial charge in [-0.2, -0.15) is 0 Å². The Labute approximate surface area is 156 Å². The number of imide groups is 1. The summed E-state index contributed by atoms with van der Waals surface area (Å²) in [5, 5.41) is 6.60. The van der Waals surface area contributed by atoms with E-state index in [0.29, 0.717) is 6.42 Å². The highest BCUT2D eigenvalue weighted by Crippen LogP contribution is 2.34. The average Bonchev–Trinajstić information content (AvgIpc) is 3.20. The molecule has 9 heteroatoms. The predicted octanol–water partition coefficient (Wildman–Crippen LogP) is 1.15. The fraction of sp³-hybridized carbons (Fsp3) is 0.471. The van der Waals surface area contributed by atoms with E-state index in [2.05, 4.69) is 16.1 Å². The molecule has 3 rings (SSSR count). The first kappa shape index (κ1) is 18.5. The number of hydrazine groups is 1. The van der Waals surface area contributed by atoms with Crippen LogP contribution in [0, 0.1) is 5.92 Å².